The zero-order valence-electron chi connectivity index (χ0n) is 19.1. The molecule has 0 amide bonds. The molecule has 0 fully saturated rings. The van der Waals surface area contributed by atoms with E-state index in [1.165, 1.54) is 4.68 Å². The van der Waals surface area contributed by atoms with Crippen molar-refractivity contribution in [2.24, 2.45) is 0 Å². The molecule has 34 heavy (non-hydrogen) atoms. The van der Waals surface area contributed by atoms with Gasteiger partial charge in [0.1, 0.15) is 5.69 Å². The van der Waals surface area contributed by atoms with E-state index in [1.54, 1.807) is 13.8 Å². The maximum absolute atomic E-state index is 14.2. The van der Waals surface area contributed by atoms with Crippen LogP contribution in [-0.4, -0.2) is 33.3 Å². The van der Waals surface area contributed by atoms with Crippen molar-refractivity contribution in [1.29, 1.82) is 0 Å². The summed E-state index contributed by atoms with van der Waals surface area (Å²) in [4.78, 5) is 0. The summed E-state index contributed by atoms with van der Waals surface area (Å²) in [5, 5.41) is 21.2. The first kappa shape index (κ1) is 22.7. The molecule has 8 heteroatoms. The number of benzene rings is 3. The van der Waals surface area contributed by atoms with Crippen molar-refractivity contribution in [3.63, 3.8) is 0 Å². The predicted octanol–water partition coefficient (Wildman–Crippen LogP) is 4.48. The van der Waals surface area contributed by atoms with Gasteiger partial charge in [-0.1, -0.05) is 84.1 Å². The van der Waals surface area contributed by atoms with E-state index in [0.717, 1.165) is 16.7 Å². The molecule has 5 rings (SSSR count). The van der Waals surface area contributed by atoms with Gasteiger partial charge in [-0.15, -0.1) is 5.10 Å². The van der Waals surface area contributed by atoms with Crippen molar-refractivity contribution >= 4 is 13.0 Å². The molecule has 0 aliphatic heterocycles. The van der Waals surface area contributed by atoms with Gasteiger partial charge < -0.3 is 14.2 Å². The second-order valence-electron chi connectivity index (χ2n) is 8.04. The third-order valence-corrected chi connectivity index (χ3v) is 8.17. The quantitative estimate of drug-likeness (QED) is 0.378. The van der Waals surface area contributed by atoms with E-state index in [9.17, 15) is 9.67 Å². The van der Waals surface area contributed by atoms with Crippen LogP contribution in [0.15, 0.2) is 78.9 Å². The highest BCUT2D eigenvalue weighted by Gasteiger charge is 2.50. The number of aliphatic hydroxyl groups is 1. The van der Waals surface area contributed by atoms with Crippen LogP contribution in [0.5, 0.6) is 0 Å². The number of rotatable bonds is 8. The van der Waals surface area contributed by atoms with Crippen LogP contribution in [0.3, 0.4) is 0 Å². The largest absolute Gasteiger partial charge is 0.381 e. The van der Waals surface area contributed by atoms with E-state index >= 15 is 0 Å². The molecule has 0 unspecified atom stereocenters. The molecule has 4 aromatic rings. The minimum atomic E-state index is -3.88. The molecule has 174 valence electrons. The lowest BCUT2D eigenvalue weighted by atomic mass is 9.88. The van der Waals surface area contributed by atoms with Crippen LogP contribution < -0.4 is 5.44 Å². The Kier molecular flexibility index (Phi) is 5.96. The first-order chi connectivity index (χ1) is 16.5. The summed E-state index contributed by atoms with van der Waals surface area (Å²) >= 11 is 0. The molecule has 0 saturated carbocycles. The Morgan fingerprint density at radius 1 is 0.853 bits per heavy atom. The lowest BCUT2D eigenvalue weighted by Crippen LogP contribution is -2.35. The Hall–Kier alpha value is -3.09. The summed E-state index contributed by atoms with van der Waals surface area (Å²) in [5.41, 5.74) is 2.70. The van der Waals surface area contributed by atoms with Gasteiger partial charge in [0.25, 0.3) is 0 Å². The van der Waals surface area contributed by atoms with E-state index in [-0.39, 0.29) is 24.3 Å². The van der Waals surface area contributed by atoms with Crippen LogP contribution in [0.4, 0.5) is 0 Å². The van der Waals surface area contributed by atoms with Gasteiger partial charge in [-0.2, -0.15) is 0 Å². The Morgan fingerprint density at radius 2 is 1.38 bits per heavy atom. The van der Waals surface area contributed by atoms with Gasteiger partial charge in [-0.05, 0) is 30.5 Å². The lowest BCUT2D eigenvalue weighted by molar-refractivity contribution is 0.126. The summed E-state index contributed by atoms with van der Waals surface area (Å²) < 4.78 is 27.2. The topological polar surface area (TPSA) is 86.5 Å². The molecule has 1 N–H and O–H groups in total. The second kappa shape index (κ2) is 8.93. The Balaban J connectivity index is 1.78. The van der Waals surface area contributed by atoms with Crippen molar-refractivity contribution in [3.05, 3.63) is 101 Å². The van der Waals surface area contributed by atoms with Crippen LogP contribution in [0.25, 0.3) is 11.1 Å². The van der Waals surface area contributed by atoms with Crippen molar-refractivity contribution in [3.8, 4) is 11.1 Å². The Morgan fingerprint density at radius 3 is 1.94 bits per heavy atom. The normalized spacial score (nSPS) is 14.1. The van der Waals surface area contributed by atoms with E-state index in [4.69, 9.17) is 9.05 Å². The maximum Gasteiger partial charge on any atom is 0.381 e. The summed E-state index contributed by atoms with van der Waals surface area (Å²) in [7, 11) is -3.88. The minimum absolute atomic E-state index is 0.158. The van der Waals surface area contributed by atoms with Crippen molar-refractivity contribution in [2.45, 2.75) is 26.0 Å². The third kappa shape index (κ3) is 3.53. The van der Waals surface area contributed by atoms with Crippen LogP contribution in [0.2, 0.25) is 0 Å². The fraction of sp³-hybridized carbons (Fsp3) is 0.231. The standard InChI is InChI=1S/C26H26N3O4P/c1-3-32-34(31,33-4-2)25-24(27-28-29(25)18-19-12-6-5-7-13-19)26(30)22-16-10-8-14-20(22)21-15-9-11-17-23(21)26/h5-17,30H,3-4,18H2,1-2H3. The van der Waals surface area contributed by atoms with E-state index < -0.39 is 13.2 Å². The van der Waals surface area contributed by atoms with Gasteiger partial charge in [-0.25, -0.2) is 4.68 Å². The molecule has 0 saturated heterocycles. The number of aromatic nitrogens is 3. The van der Waals surface area contributed by atoms with Gasteiger partial charge in [0, 0.05) is 11.1 Å². The SMILES string of the molecule is CCOP(=O)(OCC)c1c(C2(O)c3ccccc3-c3ccccc32)nnn1Cc1ccccc1. The van der Waals surface area contributed by atoms with Gasteiger partial charge in [0.2, 0.25) is 0 Å². The van der Waals surface area contributed by atoms with Crippen molar-refractivity contribution < 1.29 is 18.7 Å². The van der Waals surface area contributed by atoms with Gasteiger partial charge in [0.15, 0.2) is 11.0 Å². The summed E-state index contributed by atoms with van der Waals surface area (Å²) in [6.07, 6.45) is 0. The van der Waals surface area contributed by atoms with E-state index in [1.807, 2.05) is 78.9 Å². The Labute approximate surface area is 198 Å². The fourth-order valence-corrected chi connectivity index (χ4v) is 6.50. The van der Waals surface area contributed by atoms with Crippen LogP contribution in [0, 0.1) is 0 Å². The molecule has 1 aromatic heterocycles. The third-order valence-electron chi connectivity index (χ3n) is 6.01. The monoisotopic (exact) mass is 475 g/mol. The van der Waals surface area contributed by atoms with Crippen LogP contribution >= 0.6 is 7.60 Å². The maximum atomic E-state index is 14.2. The van der Waals surface area contributed by atoms with Gasteiger partial charge in [0.05, 0.1) is 19.8 Å². The minimum Gasteiger partial charge on any atom is -0.374 e. The molecule has 0 radical (unpaired) electrons. The number of hydrogen-bond donors (Lipinski definition) is 1. The van der Waals surface area contributed by atoms with Crippen LogP contribution in [0.1, 0.15) is 36.2 Å². The molecule has 1 heterocycles. The molecule has 1 aliphatic carbocycles. The Bertz CT molecular complexity index is 1310. The zero-order valence-corrected chi connectivity index (χ0v) is 20.0. The highest BCUT2D eigenvalue weighted by atomic mass is 31.2. The molecule has 0 bridgehead atoms. The summed E-state index contributed by atoms with van der Waals surface area (Å²) in [5.74, 6) is 0. The van der Waals surface area contributed by atoms with Crippen molar-refractivity contribution in [1.82, 2.24) is 15.0 Å². The molecule has 0 atom stereocenters. The smallest absolute Gasteiger partial charge is 0.374 e. The van der Waals surface area contributed by atoms with Gasteiger partial charge >= 0.3 is 7.60 Å². The van der Waals surface area contributed by atoms with E-state index in [0.29, 0.717) is 17.7 Å². The molecule has 3 aromatic carbocycles. The number of fused-ring (bicyclic) bond motifs is 3. The number of hydrogen-bond acceptors (Lipinski definition) is 6. The first-order valence-electron chi connectivity index (χ1n) is 11.3. The highest BCUT2D eigenvalue weighted by molar-refractivity contribution is 7.62. The number of nitrogens with zero attached hydrogens (tertiary/aromatic N) is 3. The van der Waals surface area contributed by atoms with Gasteiger partial charge in [-0.3, -0.25) is 4.57 Å². The van der Waals surface area contributed by atoms with Crippen LogP contribution in [-0.2, 0) is 25.8 Å². The lowest BCUT2D eigenvalue weighted by Gasteiger charge is -2.27. The predicted molar refractivity (Wildman–Crippen MR) is 130 cm³/mol. The first-order valence-corrected chi connectivity index (χ1v) is 12.9. The van der Waals surface area contributed by atoms with E-state index in [2.05, 4.69) is 10.3 Å². The molecule has 0 spiro atoms. The zero-order chi connectivity index (χ0) is 23.8. The average molecular weight is 475 g/mol. The summed E-state index contributed by atoms with van der Waals surface area (Å²) in [6, 6.07) is 24.9. The molecular weight excluding hydrogens is 449 g/mol. The summed E-state index contributed by atoms with van der Waals surface area (Å²) in [6.45, 7) is 4.14. The molecule has 7 nitrogen and oxygen atoms in total. The average Bonchev–Trinajstić information content (AvgIpc) is 3.39. The van der Waals surface area contributed by atoms with Crippen molar-refractivity contribution in [2.75, 3.05) is 13.2 Å². The molecular formula is C26H26N3O4P. The fourth-order valence-electron chi connectivity index (χ4n) is 4.64. The molecule has 1 aliphatic rings. The second-order valence-corrected chi connectivity index (χ2v) is 9.97. The highest BCUT2D eigenvalue weighted by Crippen LogP contribution is 2.54.